The number of aliphatic imine (C=N–C) groups is 1. The van der Waals surface area contributed by atoms with E-state index in [1.54, 1.807) is 38.0 Å². The number of aliphatic hydroxyl groups is 1. The van der Waals surface area contributed by atoms with Crippen molar-refractivity contribution in [3.05, 3.63) is 18.0 Å². The fourth-order valence-corrected chi connectivity index (χ4v) is 2.47. The Kier molecular flexibility index (Phi) is 10.5. The van der Waals surface area contributed by atoms with Crippen molar-refractivity contribution in [1.29, 1.82) is 0 Å². The van der Waals surface area contributed by atoms with E-state index in [2.05, 4.69) is 25.4 Å². The molecule has 0 fully saturated rings. The third-order valence-corrected chi connectivity index (χ3v) is 4.74. The fourth-order valence-electron chi connectivity index (χ4n) is 1.85. The minimum absolute atomic E-state index is 0. The van der Waals surface area contributed by atoms with E-state index in [0.29, 0.717) is 24.6 Å². The molecule has 0 saturated heterocycles. The lowest BCUT2D eigenvalue weighted by Gasteiger charge is -2.20. The summed E-state index contributed by atoms with van der Waals surface area (Å²) in [4.78, 5) is 4.36. The van der Waals surface area contributed by atoms with Crippen LogP contribution in [0.25, 0.3) is 0 Å². The molecule has 1 aromatic heterocycles. The Hall–Kier alpha value is -0.920. The zero-order chi connectivity index (χ0) is 18.2. The molecular weight excluding hydrogens is 459 g/mol. The molecule has 9 nitrogen and oxygen atoms in total. The van der Waals surface area contributed by atoms with Crippen LogP contribution in [0.3, 0.4) is 0 Å². The predicted molar refractivity (Wildman–Crippen MR) is 110 cm³/mol. The second-order valence-corrected chi connectivity index (χ2v) is 7.69. The molecule has 0 aliphatic heterocycles. The number of nitrogens with one attached hydrogen (secondary N) is 3. The minimum atomic E-state index is -3.20. The second kappa shape index (κ2) is 10.9. The molecule has 0 bridgehead atoms. The average molecular weight is 488 g/mol. The van der Waals surface area contributed by atoms with Crippen molar-refractivity contribution < 1.29 is 13.5 Å². The Balaban J connectivity index is 0.00000576. The molecule has 0 aliphatic carbocycles. The summed E-state index contributed by atoms with van der Waals surface area (Å²) in [7, 11) is -1.41. The van der Waals surface area contributed by atoms with E-state index in [0.717, 1.165) is 0 Å². The molecule has 0 saturated carbocycles. The number of nitrogens with zero attached hydrogens (tertiary/aromatic N) is 3. The predicted octanol–water partition coefficient (Wildman–Crippen LogP) is -0.260. The van der Waals surface area contributed by atoms with Crippen molar-refractivity contribution in [2.45, 2.75) is 26.4 Å². The molecule has 1 heterocycles. The van der Waals surface area contributed by atoms with Crippen LogP contribution in [0.2, 0.25) is 0 Å². The number of aromatic nitrogens is 2. The van der Waals surface area contributed by atoms with E-state index in [1.165, 1.54) is 0 Å². The first kappa shape index (κ1) is 24.1. The van der Waals surface area contributed by atoms with Gasteiger partial charge in [-0.05, 0) is 20.8 Å². The average Bonchev–Trinajstić information content (AvgIpc) is 2.96. The van der Waals surface area contributed by atoms with Crippen molar-refractivity contribution in [3.8, 4) is 0 Å². The molecule has 0 aromatic carbocycles. The summed E-state index contributed by atoms with van der Waals surface area (Å²) in [5.74, 6) is 0.562. The molecule has 1 rings (SSSR count). The number of aryl methyl sites for hydroxylation is 1. The first-order chi connectivity index (χ1) is 11.2. The van der Waals surface area contributed by atoms with Gasteiger partial charge in [0.15, 0.2) is 5.96 Å². The summed E-state index contributed by atoms with van der Waals surface area (Å²) in [5.41, 5.74) is -0.458. The Bertz CT molecular complexity index is 645. The molecular formula is C14H29IN6O3S. The summed E-state index contributed by atoms with van der Waals surface area (Å²) in [6, 6.07) is 0. The highest BCUT2D eigenvalue weighted by Crippen LogP contribution is 2.19. The van der Waals surface area contributed by atoms with Crippen molar-refractivity contribution in [1.82, 2.24) is 25.1 Å². The Morgan fingerprint density at radius 3 is 2.56 bits per heavy atom. The van der Waals surface area contributed by atoms with Gasteiger partial charge in [0, 0.05) is 38.4 Å². The van der Waals surface area contributed by atoms with Gasteiger partial charge in [0.2, 0.25) is 10.0 Å². The number of halogens is 1. The Morgan fingerprint density at radius 1 is 1.36 bits per heavy atom. The highest BCUT2D eigenvalue weighted by molar-refractivity contribution is 14.0. The second-order valence-electron chi connectivity index (χ2n) is 5.60. The van der Waals surface area contributed by atoms with Crippen LogP contribution in [-0.4, -0.2) is 61.2 Å². The van der Waals surface area contributed by atoms with Gasteiger partial charge in [-0.15, -0.1) is 24.0 Å². The number of rotatable bonds is 9. The van der Waals surface area contributed by atoms with E-state index in [-0.39, 0.29) is 42.8 Å². The largest absolute Gasteiger partial charge is 0.383 e. The van der Waals surface area contributed by atoms with Gasteiger partial charge in [-0.2, -0.15) is 5.10 Å². The maximum atomic E-state index is 11.4. The quantitative estimate of drug-likeness (QED) is 0.165. The SMILES string of the molecule is CCNC(=NCC(C)(O)c1cnn(C)c1)NCCNS(=O)(=O)CC.I. The number of hydrogen-bond acceptors (Lipinski definition) is 5. The van der Waals surface area contributed by atoms with E-state index >= 15 is 0 Å². The van der Waals surface area contributed by atoms with E-state index < -0.39 is 15.6 Å². The molecule has 0 radical (unpaired) electrons. The van der Waals surface area contributed by atoms with Gasteiger partial charge in [0.25, 0.3) is 0 Å². The van der Waals surface area contributed by atoms with Crippen molar-refractivity contribution in [2.75, 3.05) is 31.9 Å². The maximum absolute atomic E-state index is 11.4. The van der Waals surface area contributed by atoms with E-state index in [4.69, 9.17) is 0 Å². The lowest BCUT2D eigenvalue weighted by molar-refractivity contribution is 0.0672. The zero-order valence-electron chi connectivity index (χ0n) is 15.1. The maximum Gasteiger partial charge on any atom is 0.211 e. The number of guanidine groups is 1. The van der Waals surface area contributed by atoms with Crippen molar-refractivity contribution in [3.63, 3.8) is 0 Å². The topological polar surface area (TPSA) is 121 Å². The molecule has 11 heteroatoms. The van der Waals surface area contributed by atoms with Crippen LogP contribution in [0, 0.1) is 0 Å². The number of hydrogen-bond donors (Lipinski definition) is 4. The van der Waals surface area contributed by atoms with E-state index in [9.17, 15) is 13.5 Å². The summed E-state index contributed by atoms with van der Waals surface area (Å²) in [6.07, 6.45) is 3.35. The smallest absolute Gasteiger partial charge is 0.211 e. The summed E-state index contributed by atoms with van der Waals surface area (Å²) in [6.45, 7) is 6.64. The summed E-state index contributed by atoms with van der Waals surface area (Å²) >= 11 is 0. The van der Waals surface area contributed by atoms with Crippen LogP contribution in [0.15, 0.2) is 17.4 Å². The molecule has 1 unspecified atom stereocenters. The van der Waals surface area contributed by atoms with Gasteiger partial charge >= 0.3 is 0 Å². The van der Waals surface area contributed by atoms with Crippen LogP contribution in [0.1, 0.15) is 26.3 Å². The highest BCUT2D eigenvalue weighted by atomic mass is 127. The standard InChI is InChI=1S/C14H28N6O3S.HI/c1-5-15-13(16-7-8-19-24(22,23)6-2)17-11-14(3,21)12-9-18-20(4)10-12;/h9-10,19,21H,5-8,11H2,1-4H3,(H2,15,16,17);1H. The lowest BCUT2D eigenvalue weighted by Crippen LogP contribution is -2.42. The van der Waals surface area contributed by atoms with Crippen LogP contribution < -0.4 is 15.4 Å². The van der Waals surface area contributed by atoms with Crippen LogP contribution in [-0.2, 0) is 22.7 Å². The van der Waals surface area contributed by atoms with Crippen LogP contribution in [0.5, 0.6) is 0 Å². The molecule has 0 amide bonds. The van der Waals surface area contributed by atoms with E-state index in [1.807, 2.05) is 6.92 Å². The number of sulfonamides is 1. The third kappa shape index (κ3) is 8.83. The molecule has 0 aliphatic rings. The fraction of sp³-hybridized carbons (Fsp3) is 0.714. The first-order valence-corrected chi connectivity index (χ1v) is 9.56. The summed E-state index contributed by atoms with van der Waals surface area (Å²) < 4.78 is 26.8. The van der Waals surface area contributed by atoms with Gasteiger partial charge in [0.05, 0.1) is 18.5 Å². The van der Waals surface area contributed by atoms with Crippen molar-refractivity contribution >= 4 is 40.0 Å². The van der Waals surface area contributed by atoms with Gasteiger partial charge in [-0.3, -0.25) is 4.68 Å². The van der Waals surface area contributed by atoms with Gasteiger partial charge in [0.1, 0.15) is 5.60 Å². The van der Waals surface area contributed by atoms with Crippen LogP contribution in [0.4, 0.5) is 0 Å². The minimum Gasteiger partial charge on any atom is -0.383 e. The summed E-state index contributed by atoms with van der Waals surface area (Å²) in [5, 5.41) is 20.6. The molecule has 0 spiro atoms. The lowest BCUT2D eigenvalue weighted by atomic mass is 10.0. The highest BCUT2D eigenvalue weighted by Gasteiger charge is 2.24. The van der Waals surface area contributed by atoms with Gasteiger partial charge in [-0.25, -0.2) is 18.1 Å². The molecule has 1 atom stereocenters. The van der Waals surface area contributed by atoms with Crippen molar-refractivity contribution in [2.24, 2.45) is 12.0 Å². The zero-order valence-corrected chi connectivity index (χ0v) is 18.3. The molecule has 25 heavy (non-hydrogen) atoms. The van der Waals surface area contributed by atoms with Gasteiger partial charge in [-0.1, -0.05) is 0 Å². The normalized spacial score (nSPS) is 14.5. The van der Waals surface area contributed by atoms with Crippen LogP contribution >= 0.6 is 24.0 Å². The first-order valence-electron chi connectivity index (χ1n) is 7.91. The Labute approximate surface area is 166 Å². The third-order valence-electron chi connectivity index (χ3n) is 3.34. The van der Waals surface area contributed by atoms with Gasteiger partial charge < -0.3 is 15.7 Å². The molecule has 1 aromatic rings. The Morgan fingerprint density at radius 2 is 2.04 bits per heavy atom. The molecule has 4 N–H and O–H groups in total. The molecule has 146 valence electrons. The monoisotopic (exact) mass is 488 g/mol.